The average Bonchev–Trinajstić information content (AvgIpc) is 2.57. The van der Waals surface area contributed by atoms with E-state index in [0.29, 0.717) is 0 Å². The zero-order valence-corrected chi connectivity index (χ0v) is 11.7. The molecule has 1 N–H and O–H groups in total. The van der Waals surface area contributed by atoms with Crippen molar-refractivity contribution in [2.45, 2.75) is 25.5 Å². The fraction of sp³-hybridized carbons (Fsp3) is 0.500. The van der Waals surface area contributed by atoms with E-state index in [-0.39, 0.29) is 6.04 Å². The third-order valence-electron chi connectivity index (χ3n) is 3.25. The molecule has 0 fully saturated rings. The van der Waals surface area contributed by atoms with E-state index in [1.165, 1.54) is 0 Å². The summed E-state index contributed by atoms with van der Waals surface area (Å²) in [5.74, 6) is 0. The van der Waals surface area contributed by atoms with Crippen LogP contribution in [-0.4, -0.2) is 39.3 Å². The first kappa shape index (κ1) is 13.1. The molecule has 18 heavy (non-hydrogen) atoms. The fourth-order valence-corrected chi connectivity index (χ4v) is 2.66. The maximum absolute atomic E-state index is 10.3. The molecule has 98 valence electrons. The Bertz CT molecular complexity index is 552. The van der Waals surface area contributed by atoms with E-state index in [9.17, 15) is 5.11 Å². The maximum Gasteiger partial charge on any atom is 0.0955 e. The quantitative estimate of drug-likeness (QED) is 0.901. The van der Waals surface area contributed by atoms with Gasteiger partial charge in [0.25, 0.3) is 0 Å². The number of rotatable bonds is 3. The van der Waals surface area contributed by atoms with Gasteiger partial charge in [-0.05, 0) is 45.6 Å². The summed E-state index contributed by atoms with van der Waals surface area (Å²) < 4.78 is 1.99. The molecule has 0 saturated carbocycles. The molecule has 1 atom stereocenters. The zero-order valence-electron chi connectivity index (χ0n) is 11.7. The lowest BCUT2D eigenvalue weighted by Gasteiger charge is -2.35. The minimum atomic E-state index is -0.800. The van der Waals surface area contributed by atoms with Crippen LogP contribution in [0.2, 0.25) is 0 Å². The first-order valence-electron chi connectivity index (χ1n) is 6.10. The number of aliphatic hydroxyl groups is 1. The van der Waals surface area contributed by atoms with Crippen molar-refractivity contribution in [3.63, 3.8) is 0 Å². The summed E-state index contributed by atoms with van der Waals surface area (Å²) in [7, 11) is 5.94. The van der Waals surface area contributed by atoms with E-state index in [0.717, 1.165) is 16.6 Å². The van der Waals surface area contributed by atoms with Crippen LogP contribution < -0.4 is 0 Å². The van der Waals surface area contributed by atoms with E-state index in [1.807, 2.05) is 50.8 Å². The third-order valence-corrected chi connectivity index (χ3v) is 3.25. The van der Waals surface area contributed by atoms with Crippen LogP contribution in [0.1, 0.15) is 25.5 Å². The van der Waals surface area contributed by atoms with Gasteiger partial charge in [-0.1, -0.05) is 6.07 Å². The molecule has 2 aromatic rings. The molecule has 0 bridgehead atoms. The summed E-state index contributed by atoms with van der Waals surface area (Å²) in [6.07, 6.45) is 1.81. The van der Waals surface area contributed by atoms with Gasteiger partial charge in [0.15, 0.2) is 0 Å². The minimum absolute atomic E-state index is 0.0519. The van der Waals surface area contributed by atoms with Gasteiger partial charge < -0.3 is 9.67 Å². The van der Waals surface area contributed by atoms with Crippen LogP contribution in [0.4, 0.5) is 0 Å². The number of hydrogen-bond donors (Lipinski definition) is 1. The van der Waals surface area contributed by atoms with Gasteiger partial charge in [0.1, 0.15) is 0 Å². The van der Waals surface area contributed by atoms with Crippen molar-refractivity contribution in [1.82, 2.24) is 14.5 Å². The molecular weight excluding hydrogens is 226 g/mol. The van der Waals surface area contributed by atoms with Gasteiger partial charge >= 0.3 is 0 Å². The highest BCUT2D eigenvalue weighted by Gasteiger charge is 2.30. The molecule has 1 heterocycles. The van der Waals surface area contributed by atoms with Gasteiger partial charge in [0, 0.05) is 7.05 Å². The largest absolute Gasteiger partial charge is 0.388 e. The van der Waals surface area contributed by atoms with Gasteiger partial charge in [-0.15, -0.1) is 0 Å². The van der Waals surface area contributed by atoms with Crippen molar-refractivity contribution in [3.8, 4) is 0 Å². The lowest BCUT2D eigenvalue weighted by Crippen LogP contribution is -2.38. The van der Waals surface area contributed by atoms with Crippen LogP contribution in [0.5, 0.6) is 0 Å². The lowest BCUT2D eigenvalue weighted by molar-refractivity contribution is -0.00309. The van der Waals surface area contributed by atoms with Crippen molar-refractivity contribution in [2.75, 3.05) is 14.1 Å². The highest BCUT2D eigenvalue weighted by molar-refractivity contribution is 5.76. The average molecular weight is 247 g/mol. The Hall–Kier alpha value is -1.39. The minimum Gasteiger partial charge on any atom is -0.388 e. The fourth-order valence-electron chi connectivity index (χ4n) is 2.66. The second kappa shape index (κ2) is 4.37. The predicted octanol–water partition coefficient (Wildman–Crippen LogP) is 1.95. The molecule has 0 saturated heterocycles. The molecule has 0 aliphatic rings. The van der Waals surface area contributed by atoms with Crippen LogP contribution in [0.25, 0.3) is 11.0 Å². The van der Waals surface area contributed by atoms with Crippen molar-refractivity contribution in [1.29, 1.82) is 0 Å². The van der Waals surface area contributed by atoms with E-state index < -0.39 is 5.60 Å². The van der Waals surface area contributed by atoms with Crippen LogP contribution in [0.15, 0.2) is 24.5 Å². The van der Waals surface area contributed by atoms with E-state index >= 15 is 0 Å². The molecule has 1 unspecified atom stereocenters. The molecule has 0 spiro atoms. The van der Waals surface area contributed by atoms with E-state index in [4.69, 9.17) is 0 Å². The zero-order chi connectivity index (χ0) is 13.5. The third kappa shape index (κ3) is 2.26. The molecule has 1 aromatic heterocycles. The summed E-state index contributed by atoms with van der Waals surface area (Å²) >= 11 is 0. The van der Waals surface area contributed by atoms with Gasteiger partial charge in [-0.2, -0.15) is 0 Å². The van der Waals surface area contributed by atoms with Crippen molar-refractivity contribution in [3.05, 3.63) is 30.1 Å². The Morgan fingerprint density at radius 1 is 1.33 bits per heavy atom. The first-order chi connectivity index (χ1) is 8.30. The molecule has 0 amide bonds. The van der Waals surface area contributed by atoms with Gasteiger partial charge in [-0.3, -0.25) is 4.90 Å². The van der Waals surface area contributed by atoms with Crippen LogP contribution >= 0.6 is 0 Å². The Morgan fingerprint density at radius 2 is 2.00 bits per heavy atom. The monoisotopic (exact) mass is 247 g/mol. The molecule has 0 aliphatic heterocycles. The Morgan fingerprint density at radius 3 is 2.56 bits per heavy atom. The highest BCUT2D eigenvalue weighted by Crippen LogP contribution is 2.31. The second-order valence-electron chi connectivity index (χ2n) is 5.62. The number of aryl methyl sites for hydroxylation is 1. The molecule has 0 radical (unpaired) electrons. The summed E-state index contributed by atoms with van der Waals surface area (Å²) in [5, 5.41) is 10.3. The van der Waals surface area contributed by atoms with E-state index in [2.05, 4.69) is 23.2 Å². The number of likely N-dealkylation sites (N-methyl/N-ethyl adjacent to an activating group) is 1. The topological polar surface area (TPSA) is 41.3 Å². The Balaban J connectivity index is 2.51. The standard InChI is InChI=1S/C14H21N3O/c1-14(2,18)13(16(3)4)10-6-7-12-11(8-10)15-9-17(12)5/h6-9,13,18H,1-5H3. The van der Waals surface area contributed by atoms with E-state index in [1.54, 1.807) is 0 Å². The van der Waals surface area contributed by atoms with Crippen LogP contribution in [0.3, 0.4) is 0 Å². The number of benzene rings is 1. The molecule has 4 nitrogen and oxygen atoms in total. The highest BCUT2D eigenvalue weighted by atomic mass is 16.3. The molecule has 2 rings (SSSR count). The van der Waals surface area contributed by atoms with Crippen molar-refractivity contribution in [2.24, 2.45) is 7.05 Å². The van der Waals surface area contributed by atoms with Gasteiger partial charge in [0.05, 0.1) is 29.0 Å². The maximum atomic E-state index is 10.3. The van der Waals surface area contributed by atoms with Gasteiger partial charge in [0.2, 0.25) is 0 Å². The normalized spacial score (nSPS) is 14.4. The first-order valence-corrected chi connectivity index (χ1v) is 6.10. The smallest absolute Gasteiger partial charge is 0.0955 e. The number of imidazole rings is 1. The molecular formula is C14H21N3O. The van der Waals surface area contributed by atoms with Crippen molar-refractivity contribution >= 4 is 11.0 Å². The Labute approximate surface area is 108 Å². The van der Waals surface area contributed by atoms with Crippen LogP contribution in [0, 0.1) is 0 Å². The van der Waals surface area contributed by atoms with Crippen LogP contribution in [-0.2, 0) is 7.05 Å². The summed E-state index contributed by atoms with van der Waals surface area (Å²) in [6, 6.07) is 6.12. The summed E-state index contributed by atoms with van der Waals surface area (Å²) in [5.41, 5.74) is 2.35. The number of hydrogen-bond acceptors (Lipinski definition) is 3. The molecule has 1 aromatic carbocycles. The number of nitrogens with zero attached hydrogens (tertiary/aromatic N) is 3. The lowest BCUT2D eigenvalue weighted by atomic mass is 9.91. The van der Waals surface area contributed by atoms with Crippen molar-refractivity contribution < 1.29 is 5.11 Å². The van der Waals surface area contributed by atoms with Gasteiger partial charge in [-0.25, -0.2) is 4.98 Å². The Kier molecular flexibility index (Phi) is 3.17. The summed E-state index contributed by atoms with van der Waals surface area (Å²) in [4.78, 5) is 6.40. The SMILES string of the molecule is CN(C)C(c1ccc2c(c1)ncn2C)C(C)(C)O. The summed E-state index contributed by atoms with van der Waals surface area (Å²) in [6.45, 7) is 3.67. The second-order valence-corrected chi connectivity index (χ2v) is 5.62. The predicted molar refractivity (Wildman–Crippen MR) is 73.4 cm³/mol. The number of aromatic nitrogens is 2. The molecule has 4 heteroatoms. The number of fused-ring (bicyclic) bond motifs is 1. The molecule has 0 aliphatic carbocycles.